The third kappa shape index (κ3) is 2.84. The van der Waals surface area contributed by atoms with Gasteiger partial charge in [0.2, 0.25) is 5.88 Å². The number of rotatable bonds is 4. The molecule has 1 heterocycles. The Morgan fingerprint density at radius 2 is 2.00 bits per heavy atom. The zero-order valence-electron chi connectivity index (χ0n) is 13.4. The van der Waals surface area contributed by atoms with Crippen LogP contribution < -0.4 is 15.2 Å². The summed E-state index contributed by atoms with van der Waals surface area (Å²) in [4.78, 5) is 24.1. The first kappa shape index (κ1) is 17.1. The van der Waals surface area contributed by atoms with Gasteiger partial charge in [0.25, 0.3) is 0 Å². The lowest BCUT2D eigenvalue weighted by Crippen LogP contribution is -2.33. The second kappa shape index (κ2) is 6.91. The summed E-state index contributed by atoms with van der Waals surface area (Å²) in [6.45, 7) is 0. The molecule has 0 radical (unpaired) electrons. The predicted octanol–water partition coefficient (Wildman–Crippen LogP) is 0.827. The Labute approximate surface area is 138 Å². The number of esters is 2. The fourth-order valence-electron chi connectivity index (χ4n) is 2.54. The van der Waals surface area contributed by atoms with Gasteiger partial charge in [0.05, 0.1) is 33.3 Å². The molecule has 0 saturated heterocycles. The van der Waals surface area contributed by atoms with Crippen LogP contribution in [0.25, 0.3) is 0 Å². The Morgan fingerprint density at radius 3 is 2.54 bits per heavy atom. The zero-order valence-corrected chi connectivity index (χ0v) is 13.4. The van der Waals surface area contributed by atoms with E-state index in [1.165, 1.54) is 14.2 Å². The number of nitrogens with two attached hydrogens (primary N) is 1. The molecule has 24 heavy (non-hydrogen) atoms. The summed E-state index contributed by atoms with van der Waals surface area (Å²) in [6, 6.07) is 6.63. The van der Waals surface area contributed by atoms with Gasteiger partial charge < -0.3 is 24.7 Å². The van der Waals surface area contributed by atoms with E-state index in [1.807, 2.05) is 6.07 Å². The van der Waals surface area contributed by atoms with E-state index in [0.717, 1.165) is 7.11 Å². The van der Waals surface area contributed by atoms with Crippen LogP contribution in [0.5, 0.6) is 11.5 Å². The van der Waals surface area contributed by atoms with Crippen LogP contribution in [0, 0.1) is 17.2 Å². The van der Waals surface area contributed by atoms with Gasteiger partial charge in [0.15, 0.2) is 5.92 Å². The van der Waals surface area contributed by atoms with Crippen molar-refractivity contribution < 1.29 is 28.5 Å². The molecular weight excluding hydrogens is 316 g/mol. The molecule has 0 aliphatic carbocycles. The molecule has 1 aromatic carbocycles. The maximum Gasteiger partial charge on any atom is 0.339 e. The molecule has 0 spiro atoms. The summed E-state index contributed by atoms with van der Waals surface area (Å²) < 4.78 is 20.0. The molecular formula is C16H16N2O6. The molecule has 2 atom stereocenters. The molecule has 1 aromatic rings. The summed E-state index contributed by atoms with van der Waals surface area (Å²) >= 11 is 0. The minimum absolute atomic E-state index is 0.105. The maximum absolute atomic E-state index is 12.1. The molecule has 1 aliphatic heterocycles. The predicted molar refractivity (Wildman–Crippen MR) is 80.7 cm³/mol. The molecule has 8 heteroatoms. The highest BCUT2D eigenvalue weighted by molar-refractivity contribution is 5.93. The lowest BCUT2D eigenvalue weighted by atomic mass is 9.79. The summed E-state index contributed by atoms with van der Waals surface area (Å²) in [7, 11) is 3.81. The molecule has 0 bridgehead atoms. The van der Waals surface area contributed by atoms with Crippen molar-refractivity contribution in [1.29, 1.82) is 5.26 Å². The average molecular weight is 332 g/mol. The summed E-state index contributed by atoms with van der Waals surface area (Å²) in [6.07, 6.45) is 0. The number of benzene rings is 1. The molecule has 8 nitrogen and oxygen atoms in total. The fraction of sp³-hybridized carbons (Fsp3) is 0.312. The normalized spacial score (nSPS) is 17.0. The maximum atomic E-state index is 12.1. The van der Waals surface area contributed by atoms with E-state index in [1.54, 1.807) is 18.2 Å². The highest BCUT2D eigenvalue weighted by Crippen LogP contribution is 2.44. The van der Waals surface area contributed by atoms with Crippen LogP contribution in [-0.4, -0.2) is 33.3 Å². The molecule has 126 valence electrons. The monoisotopic (exact) mass is 332 g/mol. The molecule has 2 rings (SSSR count). The van der Waals surface area contributed by atoms with E-state index < -0.39 is 23.8 Å². The van der Waals surface area contributed by atoms with Gasteiger partial charge in [0.1, 0.15) is 17.1 Å². The van der Waals surface area contributed by atoms with Gasteiger partial charge in [-0.15, -0.1) is 0 Å². The number of carbonyl (C=O) groups is 2. The number of carbonyl (C=O) groups excluding carboxylic acids is 2. The third-order valence-corrected chi connectivity index (χ3v) is 3.69. The largest absolute Gasteiger partial charge is 0.497 e. The van der Waals surface area contributed by atoms with Crippen LogP contribution in [0.15, 0.2) is 29.7 Å². The van der Waals surface area contributed by atoms with Gasteiger partial charge in [0, 0.05) is 11.6 Å². The van der Waals surface area contributed by atoms with E-state index in [9.17, 15) is 14.9 Å². The van der Waals surface area contributed by atoms with E-state index >= 15 is 0 Å². The minimum Gasteiger partial charge on any atom is -0.497 e. The van der Waals surface area contributed by atoms with Crippen molar-refractivity contribution in [2.75, 3.05) is 21.3 Å². The second-order valence-corrected chi connectivity index (χ2v) is 4.88. The van der Waals surface area contributed by atoms with Crippen molar-refractivity contribution in [3.63, 3.8) is 0 Å². The van der Waals surface area contributed by atoms with Crippen LogP contribution in [-0.2, 0) is 19.1 Å². The van der Waals surface area contributed by atoms with Crippen molar-refractivity contribution in [3.05, 3.63) is 35.2 Å². The van der Waals surface area contributed by atoms with Crippen LogP contribution in [0.3, 0.4) is 0 Å². The van der Waals surface area contributed by atoms with Crippen molar-refractivity contribution in [1.82, 2.24) is 0 Å². The molecule has 2 N–H and O–H groups in total. The summed E-state index contributed by atoms with van der Waals surface area (Å²) in [5.74, 6) is -3.31. The van der Waals surface area contributed by atoms with Crippen molar-refractivity contribution in [2.24, 2.45) is 11.7 Å². The van der Waals surface area contributed by atoms with E-state index in [4.69, 9.17) is 19.9 Å². The molecule has 0 amide bonds. The SMILES string of the molecule is COC(=O)C1=C(N)Oc2cc(OC)ccc2[C@@H]1[C@H](C#N)C(=O)OC. The Balaban J connectivity index is 2.67. The fourth-order valence-corrected chi connectivity index (χ4v) is 2.54. The number of methoxy groups -OCH3 is 3. The standard InChI is InChI=1S/C16H16N2O6/c1-21-8-4-5-9-11(6-8)24-14(18)13(16(20)23-3)12(9)10(7-17)15(19)22-2/h4-6,10,12H,18H2,1-3H3/t10-,12+/m0/s1. The summed E-state index contributed by atoms with van der Waals surface area (Å²) in [5, 5.41) is 9.43. The number of hydrogen-bond donors (Lipinski definition) is 1. The third-order valence-electron chi connectivity index (χ3n) is 3.69. The average Bonchev–Trinajstić information content (AvgIpc) is 2.60. The Morgan fingerprint density at radius 1 is 1.29 bits per heavy atom. The van der Waals surface area contributed by atoms with Gasteiger partial charge in [-0.1, -0.05) is 6.07 Å². The highest BCUT2D eigenvalue weighted by atomic mass is 16.5. The highest BCUT2D eigenvalue weighted by Gasteiger charge is 2.43. The molecule has 0 saturated carbocycles. The van der Waals surface area contributed by atoms with Gasteiger partial charge in [-0.2, -0.15) is 5.26 Å². The lowest BCUT2D eigenvalue weighted by molar-refractivity contribution is -0.144. The van der Waals surface area contributed by atoms with Crippen molar-refractivity contribution in [3.8, 4) is 17.6 Å². The van der Waals surface area contributed by atoms with Crippen LogP contribution in [0.1, 0.15) is 11.5 Å². The van der Waals surface area contributed by atoms with Crippen LogP contribution in [0.4, 0.5) is 0 Å². The molecule has 0 unspecified atom stereocenters. The number of nitrogens with zero attached hydrogens (tertiary/aromatic N) is 1. The van der Waals surface area contributed by atoms with Gasteiger partial charge in [-0.05, 0) is 6.07 Å². The molecule has 0 fully saturated rings. The lowest BCUT2D eigenvalue weighted by Gasteiger charge is -2.29. The Bertz CT molecular complexity index is 749. The smallest absolute Gasteiger partial charge is 0.339 e. The van der Waals surface area contributed by atoms with Gasteiger partial charge in [-0.25, -0.2) is 4.79 Å². The molecule has 0 aromatic heterocycles. The zero-order chi connectivity index (χ0) is 17.9. The Hall–Kier alpha value is -3.21. The van der Waals surface area contributed by atoms with Crippen molar-refractivity contribution in [2.45, 2.75) is 5.92 Å². The number of nitriles is 1. The van der Waals surface area contributed by atoms with Gasteiger partial charge in [-0.3, -0.25) is 4.79 Å². The van der Waals surface area contributed by atoms with E-state index in [0.29, 0.717) is 11.3 Å². The van der Waals surface area contributed by atoms with E-state index in [-0.39, 0.29) is 17.2 Å². The first-order chi connectivity index (χ1) is 11.5. The van der Waals surface area contributed by atoms with Gasteiger partial charge >= 0.3 is 11.9 Å². The summed E-state index contributed by atoms with van der Waals surface area (Å²) in [5.41, 5.74) is 6.17. The quantitative estimate of drug-likeness (QED) is 0.805. The number of fused-ring (bicyclic) bond motifs is 1. The minimum atomic E-state index is -1.29. The van der Waals surface area contributed by atoms with E-state index in [2.05, 4.69) is 4.74 Å². The topological polar surface area (TPSA) is 121 Å². The first-order valence-electron chi connectivity index (χ1n) is 6.89. The second-order valence-electron chi connectivity index (χ2n) is 4.88. The first-order valence-corrected chi connectivity index (χ1v) is 6.89. The Kier molecular flexibility index (Phi) is 4.94. The molecule has 1 aliphatic rings. The number of hydrogen-bond acceptors (Lipinski definition) is 8. The van der Waals surface area contributed by atoms with Crippen LogP contribution >= 0.6 is 0 Å². The van der Waals surface area contributed by atoms with Crippen LogP contribution in [0.2, 0.25) is 0 Å². The number of ether oxygens (including phenoxy) is 4. The van der Waals surface area contributed by atoms with Crippen molar-refractivity contribution >= 4 is 11.9 Å².